The third-order valence-corrected chi connectivity index (χ3v) is 2.94. The van der Waals surface area contributed by atoms with Gasteiger partial charge in [0.2, 0.25) is 0 Å². The average molecular weight is 237 g/mol. The second-order valence-corrected chi connectivity index (χ2v) is 4.18. The van der Waals surface area contributed by atoms with E-state index >= 15 is 0 Å². The lowest BCUT2D eigenvalue weighted by molar-refractivity contribution is 0.180. The van der Waals surface area contributed by atoms with Crippen LogP contribution in [0.5, 0.6) is 5.75 Å². The summed E-state index contributed by atoms with van der Waals surface area (Å²) in [5.74, 6) is 1.64. The molecule has 5 heteroatoms. The molecular formula is C12H19N3O2. The van der Waals surface area contributed by atoms with Crippen molar-refractivity contribution < 1.29 is 9.84 Å². The van der Waals surface area contributed by atoms with Gasteiger partial charge >= 0.3 is 0 Å². The highest BCUT2D eigenvalue weighted by molar-refractivity contribution is 5.36. The van der Waals surface area contributed by atoms with Crippen molar-refractivity contribution in [3.63, 3.8) is 0 Å². The predicted octanol–water partition coefficient (Wildman–Crippen LogP) is 0.569. The standard InChI is InChI=1S/C12H19N3O2/c1-13-12-3-2-10(8-14-12)17-11-4-5-15(9-11)6-7-16/h2-3,8,11,16H,4-7,9H2,1H3,(H,13,14)/t11-/m1/s1. The molecule has 0 spiro atoms. The fourth-order valence-corrected chi connectivity index (χ4v) is 2.03. The quantitative estimate of drug-likeness (QED) is 0.784. The number of aliphatic hydroxyl groups is 1. The van der Waals surface area contributed by atoms with Crippen LogP contribution in [0.25, 0.3) is 0 Å². The van der Waals surface area contributed by atoms with Gasteiger partial charge in [0.15, 0.2) is 0 Å². The zero-order valence-corrected chi connectivity index (χ0v) is 10.1. The first-order valence-corrected chi connectivity index (χ1v) is 5.95. The number of hydrogen-bond acceptors (Lipinski definition) is 5. The van der Waals surface area contributed by atoms with Crippen molar-refractivity contribution >= 4 is 5.82 Å². The molecule has 1 aliphatic heterocycles. The Morgan fingerprint density at radius 1 is 1.59 bits per heavy atom. The summed E-state index contributed by atoms with van der Waals surface area (Å²) < 4.78 is 5.84. The Bertz CT molecular complexity index is 342. The Kier molecular flexibility index (Phi) is 4.17. The van der Waals surface area contributed by atoms with Crippen LogP contribution in [0.2, 0.25) is 0 Å². The molecule has 0 unspecified atom stereocenters. The first kappa shape index (κ1) is 12.1. The molecule has 2 N–H and O–H groups in total. The second-order valence-electron chi connectivity index (χ2n) is 4.18. The third kappa shape index (κ3) is 3.31. The summed E-state index contributed by atoms with van der Waals surface area (Å²) in [4.78, 5) is 6.41. The summed E-state index contributed by atoms with van der Waals surface area (Å²) in [5.41, 5.74) is 0. The lowest BCUT2D eigenvalue weighted by atomic mass is 10.3. The van der Waals surface area contributed by atoms with E-state index in [9.17, 15) is 0 Å². The van der Waals surface area contributed by atoms with Crippen molar-refractivity contribution in [3.05, 3.63) is 18.3 Å². The van der Waals surface area contributed by atoms with Crippen molar-refractivity contribution in [2.75, 3.05) is 38.6 Å². The molecule has 0 saturated carbocycles. The molecule has 1 aromatic heterocycles. The minimum atomic E-state index is 0.212. The summed E-state index contributed by atoms with van der Waals surface area (Å²) in [6.07, 6.45) is 2.96. The van der Waals surface area contributed by atoms with E-state index in [4.69, 9.17) is 9.84 Å². The maximum Gasteiger partial charge on any atom is 0.138 e. The minimum absolute atomic E-state index is 0.212. The Balaban J connectivity index is 1.84. The molecule has 0 radical (unpaired) electrons. The third-order valence-electron chi connectivity index (χ3n) is 2.94. The van der Waals surface area contributed by atoms with Gasteiger partial charge in [-0.1, -0.05) is 0 Å². The molecule has 2 rings (SSSR count). The second kappa shape index (κ2) is 5.84. The molecule has 0 aromatic carbocycles. The van der Waals surface area contributed by atoms with Crippen molar-refractivity contribution in [3.8, 4) is 5.75 Å². The maximum absolute atomic E-state index is 8.86. The monoisotopic (exact) mass is 237 g/mol. The van der Waals surface area contributed by atoms with Crippen LogP contribution in [0.3, 0.4) is 0 Å². The number of pyridine rings is 1. The number of likely N-dealkylation sites (tertiary alicyclic amines) is 1. The van der Waals surface area contributed by atoms with E-state index in [1.54, 1.807) is 6.20 Å². The molecule has 94 valence electrons. The van der Waals surface area contributed by atoms with Gasteiger partial charge in [0.1, 0.15) is 17.7 Å². The van der Waals surface area contributed by atoms with Gasteiger partial charge in [-0.2, -0.15) is 0 Å². The number of ether oxygens (including phenoxy) is 1. The molecule has 0 aliphatic carbocycles. The normalized spacial score (nSPS) is 20.5. The lowest BCUT2D eigenvalue weighted by Gasteiger charge is -2.15. The van der Waals surface area contributed by atoms with E-state index < -0.39 is 0 Å². The van der Waals surface area contributed by atoms with Crippen LogP contribution in [0.4, 0.5) is 5.82 Å². The molecule has 1 saturated heterocycles. The molecule has 1 aromatic rings. The molecule has 1 aliphatic rings. The van der Waals surface area contributed by atoms with Gasteiger partial charge in [0.05, 0.1) is 12.8 Å². The first-order valence-electron chi connectivity index (χ1n) is 5.95. The topological polar surface area (TPSA) is 57.6 Å². The number of nitrogens with one attached hydrogen (secondary N) is 1. The van der Waals surface area contributed by atoms with Crippen molar-refractivity contribution in [1.82, 2.24) is 9.88 Å². The fraction of sp³-hybridized carbons (Fsp3) is 0.583. The van der Waals surface area contributed by atoms with Crippen LogP contribution < -0.4 is 10.1 Å². The van der Waals surface area contributed by atoms with Crippen LogP contribution >= 0.6 is 0 Å². The molecule has 5 nitrogen and oxygen atoms in total. The molecule has 17 heavy (non-hydrogen) atoms. The zero-order valence-electron chi connectivity index (χ0n) is 10.1. The van der Waals surface area contributed by atoms with Crippen LogP contribution in [-0.4, -0.2) is 54.4 Å². The first-order chi connectivity index (χ1) is 8.31. The van der Waals surface area contributed by atoms with E-state index in [0.29, 0.717) is 0 Å². The molecule has 0 amide bonds. The number of hydrogen-bond donors (Lipinski definition) is 2. The smallest absolute Gasteiger partial charge is 0.138 e. The largest absolute Gasteiger partial charge is 0.487 e. The summed E-state index contributed by atoms with van der Waals surface area (Å²) in [7, 11) is 1.84. The van der Waals surface area contributed by atoms with E-state index in [-0.39, 0.29) is 12.7 Å². The fourth-order valence-electron chi connectivity index (χ4n) is 2.03. The zero-order chi connectivity index (χ0) is 12.1. The molecule has 0 bridgehead atoms. The molecular weight excluding hydrogens is 218 g/mol. The minimum Gasteiger partial charge on any atom is -0.487 e. The number of anilines is 1. The van der Waals surface area contributed by atoms with E-state index in [0.717, 1.165) is 37.6 Å². The highest BCUT2D eigenvalue weighted by Crippen LogP contribution is 2.18. The van der Waals surface area contributed by atoms with Crippen molar-refractivity contribution in [1.29, 1.82) is 0 Å². The summed E-state index contributed by atoms with van der Waals surface area (Å²) in [6, 6.07) is 3.82. The van der Waals surface area contributed by atoms with Crippen LogP contribution in [-0.2, 0) is 0 Å². The van der Waals surface area contributed by atoms with E-state index in [1.807, 2.05) is 19.2 Å². The van der Waals surface area contributed by atoms with Gasteiger partial charge in [-0.05, 0) is 18.6 Å². The molecule has 1 atom stereocenters. The number of aliphatic hydroxyl groups excluding tert-OH is 1. The maximum atomic E-state index is 8.86. The van der Waals surface area contributed by atoms with Gasteiger partial charge in [0.25, 0.3) is 0 Å². The summed E-state index contributed by atoms with van der Waals surface area (Å²) in [6.45, 7) is 2.82. The SMILES string of the molecule is CNc1ccc(O[C@@H]2CCN(CCO)C2)cn1. The van der Waals surface area contributed by atoms with Gasteiger partial charge < -0.3 is 15.2 Å². The number of nitrogens with zero attached hydrogens (tertiary/aromatic N) is 2. The highest BCUT2D eigenvalue weighted by atomic mass is 16.5. The highest BCUT2D eigenvalue weighted by Gasteiger charge is 2.23. The molecule has 2 heterocycles. The predicted molar refractivity (Wildman–Crippen MR) is 66.3 cm³/mol. The van der Waals surface area contributed by atoms with Crippen LogP contribution in [0, 0.1) is 0 Å². The Morgan fingerprint density at radius 2 is 2.47 bits per heavy atom. The van der Waals surface area contributed by atoms with Gasteiger partial charge in [-0.15, -0.1) is 0 Å². The number of β-amino-alcohol motifs (C(OH)–C–C–N with tert-alkyl or cyclic N) is 1. The van der Waals surface area contributed by atoms with Crippen molar-refractivity contribution in [2.45, 2.75) is 12.5 Å². The van der Waals surface area contributed by atoms with Crippen LogP contribution in [0.1, 0.15) is 6.42 Å². The Labute approximate surface area is 101 Å². The van der Waals surface area contributed by atoms with Gasteiger partial charge in [0, 0.05) is 26.7 Å². The van der Waals surface area contributed by atoms with Crippen molar-refractivity contribution in [2.24, 2.45) is 0 Å². The van der Waals surface area contributed by atoms with Crippen LogP contribution in [0.15, 0.2) is 18.3 Å². The summed E-state index contributed by atoms with van der Waals surface area (Å²) in [5, 5.41) is 11.8. The lowest BCUT2D eigenvalue weighted by Crippen LogP contribution is -2.27. The van der Waals surface area contributed by atoms with Gasteiger partial charge in [-0.25, -0.2) is 4.98 Å². The Hall–Kier alpha value is -1.33. The van der Waals surface area contributed by atoms with Gasteiger partial charge in [-0.3, -0.25) is 4.90 Å². The number of rotatable bonds is 5. The number of aromatic nitrogens is 1. The Morgan fingerprint density at radius 3 is 3.12 bits per heavy atom. The summed E-state index contributed by atoms with van der Waals surface area (Å²) >= 11 is 0. The van der Waals surface area contributed by atoms with E-state index in [2.05, 4.69) is 15.2 Å². The van der Waals surface area contributed by atoms with E-state index in [1.165, 1.54) is 0 Å². The average Bonchev–Trinajstić information content (AvgIpc) is 2.78. The molecule has 1 fully saturated rings.